The van der Waals surface area contributed by atoms with Crippen molar-refractivity contribution in [2.45, 2.75) is 13.5 Å². The number of ether oxygens (including phenoxy) is 2. The maximum absolute atomic E-state index is 14.1. The zero-order valence-corrected chi connectivity index (χ0v) is 17.3. The highest BCUT2D eigenvalue weighted by Gasteiger charge is 2.24. The molecule has 0 aliphatic carbocycles. The summed E-state index contributed by atoms with van der Waals surface area (Å²) in [6.45, 7) is 5.49. The van der Waals surface area contributed by atoms with Gasteiger partial charge in [0, 0.05) is 31.7 Å². The first-order chi connectivity index (χ1) is 14.5. The molecule has 1 aliphatic rings. The number of benzene rings is 1. The second-order valence-electron chi connectivity index (χ2n) is 6.67. The second-order valence-corrected chi connectivity index (χ2v) is 7.44. The van der Waals surface area contributed by atoms with Gasteiger partial charge in [0.15, 0.2) is 5.56 Å². The second kappa shape index (κ2) is 10.3. The van der Waals surface area contributed by atoms with E-state index in [1.54, 1.807) is 25.1 Å². The van der Waals surface area contributed by atoms with Crippen LogP contribution in [0, 0.1) is 12.7 Å². The average Bonchev–Trinajstić information content (AvgIpc) is 3.12. The Morgan fingerprint density at radius 3 is 2.87 bits per heavy atom. The molecule has 0 unspecified atom stereocenters. The predicted octanol–water partition coefficient (Wildman–Crippen LogP) is 2.32. The minimum atomic E-state index is -1.30. The number of urea groups is 1. The first kappa shape index (κ1) is 21.9. The third-order valence-electron chi connectivity index (χ3n) is 4.56. The van der Waals surface area contributed by atoms with Crippen LogP contribution >= 0.6 is 11.5 Å². The number of rotatable bonds is 8. The van der Waals surface area contributed by atoms with Gasteiger partial charge in [-0.25, -0.2) is 14.0 Å². The summed E-state index contributed by atoms with van der Waals surface area (Å²) in [4.78, 5) is 26.0. The van der Waals surface area contributed by atoms with Crippen LogP contribution in [0.5, 0.6) is 5.88 Å². The van der Waals surface area contributed by atoms with Crippen LogP contribution in [0.15, 0.2) is 18.2 Å². The number of aromatic nitrogens is 1. The molecule has 0 spiro atoms. The van der Waals surface area contributed by atoms with E-state index >= 15 is 0 Å². The van der Waals surface area contributed by atoms with Crippen LogP contribution in [0.3, 0.4) is 0 Å². The van der Waals surface area contributed by atoms with Gasteiger partial charge in [-0.1, -0.05) is 18.2 Å². The minimum Gasteiger partial charge on any atom is -0.477 e. The largest absolute Gasteiger partial charge is 0.477 e. The molecule has 1 saturated heterocycles. The van der Waals surface area contributed by atoms with Crippen molar-refractivity contribution in [1.29, 1.82) is 0 Å². The van der Waals surface area contributed by atoms with E-state index < -0.39 is 17.8 Å². The SMILES string of the molecule is Cc1cccc(COc2nsc(NC(=O)NCCN3CCOCC3)c2C(=O)O)c1F. The molecule has 2 heterocycles. The number of carbonyl (C=O) groups excluding carboxylic acids is 1. The van der Waals surface area contributed by atoms with E-state index in [0.717, 1.165) is 24.6 Å². The number of hydrogen-bond donors (Lipinski definition) is 3. The lowest BCUT2D eigenvalue weighted by atomic mass is 10.1. The monoisotopic (exact) mass is 438 g/mol. The highest BCUT2D eigenvalue weighted by Crippen LogP contribution is 2.31. The molecular weight excluding hydrogens is 415 g/mol. The van der Waals surface area contributed by atoms with Crippen LogP contribution in [0.1, 0.15) is 21.5 Å². The fourth-order valence-electron chi connectivity index (χ4n) is 2.91. The van der Waals surface area contributed by atoms with Gasteiger partial charge in [-0.3, -0.25) is 10.2 Å². The molecule has 1 aliphatic heterocycles. The molecular formula is C19H23FN4O5S. The van der Waals surface area contributed by atoms with E-state index in [0.29, 0.717) is 31.9 Å². The highest BCUT2D eigenvalue weighted by molar-refractivity contribution is 7.11. The first-order valence-electron chi connectivity index (χ1n) is 9.40. The van der Waals surface area contributed by atoms with Gasteiger partial charge in [0.25, 0.3) is 0 Å². The van der Waals surface area contributed by atoms with Crippen molar-refractivity contribution in [1.82, 2.24) is 14.6 Å². The highest BCUT2D eigenvalue weighted by atomic mass is 32.1. The third-order valence-corrected chi connectivity index (χ3v) is 5.30. The Morgan fingerprint density at radius 1 is 1.37 bits per heavy atom. The zero-order chi connectivity index (χ0) is 21.5. The van der Waals surface area contributed by atoms with Crippen molar-refractivity contribution in [3.8, 4) is 5.88 Å². The topological polar surface area (TPSA) is 113 Å². The Hall–Kier alpha value is -2.76. The Bertz CT molecular complexity index is 901. The van der Waals surface area contributed by atoms with Crippen molar-refractivity contribution >= 4 is 28.5 Å². The van der Waals surface area contributed by atoms with Crippen molar-refractivity contribution < 1.29 is 28.6 Å². The van der Waals surface area contributed by atoms with Gasteiger partial charge in [-0.05, 0) is 24.0 Å². The number of aromatic carboxylic acids is 1. The summed E-state index contributed by atoms with van der Waals surface area (Å²) in [5, 5.41) is 14.7. The summed E-state index contributed by atoms with van der Waals surface area (Å²) in [6.07, 6.45) is 0. The summed E-state index contributed by atoms with van der Waals surface area (Å²) in [7, 11) is 0. The number of carboxylic acid groups (broad SMARTS) is 1. The zero-order valence-electron chi connectivity index (χ0n) is 16.4. The summed E-state index contributed by atoms with van der Waals surface area (Å²) >= 11 is 0.788. The lowest BCUT2D eigenvalue weighted by Crippen LogP contribution is -2.42. The van der Waals surface area contributed by atoms with Crippen molar-refractivity contribution in [3.05, 3.63) is 40.7 Å². The maximum atomic E-state index is 14.1. The van der Waals surface area contributed by atoms with E-state index in [1.807, 2.05) is 0 Å². The summed E-state index contributed by atoms with van der Waals surface area (Å²) in [6, 6.07) is 4.33. The van der Waals surface area contributed by atoms with Gasteiger partial charge in [-0.15, -0.1) is 0 Å². The van der Waals surface area contributed by atoms with Crippen LogP contribution in [0.2, 0.25) is 0 Å². The van der Waals surface area contributed by atoms with Crippen LogP contribution in [-0.4, -0.2) is 65.8 Å². The average molecular weight is 438 g/mol. The molecule has 3 N–H and O–H groups in total. The minimum absolute atomic E-state index is 0.0473. The Labute approximate surface area is 177 Å². The maximum Gasteiger partial charge on any atom is 0.344 e. The van der Waals surface area contributed by atoms with Crippen LogP contribution in [0.4, 0.5) is 14.2 Å². The summed E-state index contributed by atoms with van der Waals surface area (Å²) in [5.41, 5.74) is 0.482. The van der Waals surface area contributed by atoms with Gasteiger partial charge >= 0.3 is 12.0 Å². The molecule has 11 heteroatoms. The van der Waals surface area contributed by atoms with Crippen LogP contribution in [-0.2, 0) is 11.3 Å². The standard InChI is InChI=1S/C19H23FN4O5S/c1-12-3-2-4-13(15(12)20)11-29-16-14(18(25)26)17(30-23-16)22-19(27)21-5-6-24-7-9-28-10-8-24/h2-4H,5-11H2,1H3,(H,25,26)(H2,21,22,27). The number of amides is 2. The molecule has 0 bridgehead atoms. The number of carboxylic acids is 1. The van der Waals surface area contributed by atoms with E-state index in [4.69, 9.17) is 9.47 Å². The van der Waals surface area contributed by atoms with Gasteiger partial charge in [0.1, 0.15) is 17.4 Å². The van der Waals surface area contributed by atoms with E-state index in [9.17, 15) is 19.1 Å². The number of hydrogen-bond acceptors (Lipinski definition) is 7. The molecule has 3 rings (SSSR count). The smallest absolute Gasteiger partial charge is 0.344 e. The van der Waals surface area contributed by atoms with Crippen LogP contribution in [0.25, 0.3) is 0 Å². The molecule has 2 amide bonds. The molecule has 9 nitrogen and oxygen atoms in total. The Balaban J connectivity index is 1.57. The fourth-order valence-corrected chi connectivity index (χ4v) is 3.64. The molecule has 1 fully saturated rings. The third kappa shape index (κ3) is 5.65. The van der Waals surface area contributed by atoms with Crippen molar-refractivity contribution in [3.63, 3.8) is 0 Å². The van der Waals surface area contributed by atoms with Crippen molar-refractivity contribution in [2.75, 3.05) is 44.7 Å². The Kier molecular flexibility index (Phi) is 7.55. The Morgan fingerprint density at radius 2 is 2.13 bits per heavy atom. The molecule has 1 aromatic carbocycles. The summed E-state index contributed by atoms with van der Waals surface area (Å²) in [5.74, 6) is -1.88. The number of nitrogens with one attached hydrogen (secondary N) is 2. The predicted molar refractivity (Wildman–Crippen MR) is 109 cm³/mol. The quantitative estimate of drug-likeness (QED) is 0.580. The van der Waals surface area contributed by atoms with Gasteiger partial charge in [0.05, 0.1) is 13.2 Å². The van der Waals surface area contributed by atoms with E-state index in [-0.39, 0.29) is 28.6 Å². The normalized spacial score (nSPS) is 14.3. The van der Waals surface area contributed by atoms with E-state index in [2.05, 4.69) is 19.9 Å². The van der Waals surface area contributed by atoms with Gasteiger partial charge in [0.2, 0.25) is 5.88 Å². The summed E-state index contributed by atoms with van der Waals surface area (Å²) < 4.78 is 28.8. The molecule has 30 heavy (non-hydrogen) atoms. The molecule has 1 aromatic heterocycles. The molecule has 0 atom stereocenters. The number of morpholine rings is 1. The lowest BCUT2D eigenvalue weighted by Gasteiger charge is -2.26. The van der Waals surface area contributed by atoms with Gasteiger partial charge < -0.3 is 19.9 Å². The molecule has 162 valence electrons. The number of anilines is 1. The number of halogens is 1. The van der Waals surface area contributed by atoms with Crippen LogP contribution < -0.4 is 15.4 Å². The first-order valence-corrected chi connectivity index (χ1v) is 10.2. The number of aryl methyl sites for hydroxylation is 1. The molecule has 0 radical (unpaired) electrons. The van der Waals surface area contributed by atoms with Crippen molar-refractivity contribution in [2.24, 2.45) is 0 Å². The number of carbonyl (C=O) groups is 2. The molecule has 0 saturated carbocycles. The molecule has 2 aromatic rings. The van der Waals surface area contributed by atoms with E-state index in [1.165, 1.54) is 0 Å². The number of nitrogens with zero attached hydrogens (tertiary/aromatic N) is 2. The lowest BCUT2D eigenvalue weighted by molar-refractivity contribution is 0.0388. The fraction of sp³-hybridized carbons (Fsp3) is 0.421. The van der Waals surface area contributed by atoms with Gasteiger partial charge in [-0.2, -0.15) is 4.37 Å².